The van der Waals surface area contributed by atoms with Gasteiger partial charge < -0.3 is 18.5 Å². The van der Waals surface area contributed by atoms with Gasteiger partial charge in [0.1, 0.15) is 24.2 Å². The van der Waals surface area contributed by atoms with Crippen LogP contribution in [-0.4, -0.2) is 48.8 Å². The number of ketones is 4. The number of ether oxygens (including phenoxy) is 4. The van der Waals surface area contributed by atoms with Crippen LogP contribution in [-0.2, 0) is 25.6 Å². The molecule has 3 rings (SSSR count). The third-order valence-corrected chi connectivity index (χ3v) is 6.31. The van der Waals surface area contributed by atoms with Crippen molar-refractivity contribution >= 4 is 52.6 Å². The maximum Gasteiger partial charge on any atom is 0.443 e. The summed E-state index contributed by atoms with van der Waals surface area (Å²) in [6.45, 7) is 2.24. The maximum absolute atomic E-state index is 14.6. The van der Waals surface area contributed by atoms with Gasteiger partial charge in [-0.25, -0.2) is 0 Å². The number of Topliss-reactive ketones (excluding diaryl/α,β-unsaturated/α-hetero) is 4. The number of carbonyl (C=O) groups excluding carboxylic acids is 5. The van der Waals surface area contributed by atoms with Crippen LogP contribution in [0, 0.1) is 0 Å². The Morgan fingerprint density at radius 2 is 1.36 bits per heavy atom. The molecule has 0 amide bonds. The van der Waals surface area contributed by atoms with E-state index >= 15 is 0 Å². The van der Waals surface area contributed by atoms with Gasteiger partial charge >= 0.3 is 11.9 Å². The van der Waals surface area contributed by atoms with Crippen molar-refractivity contribution in [1.29, 1.82) is 0 Å². The number of hydrogen-bond donors (Lipinski definition) is 0. The van der Waals surface area contributed by atoms with Crippen molar-refractivity contribution in [1.82, 2.24) is 0 Å². The van der Waals surface area contributed by atoms with Crippen molar-refractivity contribution in [3.8, 4) is 11.5 Å². The molecule has 1 atom stereocenters. The predicted molar refractivity (Wildman–Crippen MR) is 151 cm³/mol. The number of rotatable bonds is 14. The fourth-order valence-corrected chi connectivity index (χ4v) is 4.68. The SMILES string of the molecule is COCC(=O)c1c(Cl)c(C(C)=O)c(C(C)=O)c(OCl)c1C(=O)C(OCc1ccccc1)(OC(C)=O)Oc1ccccc1. The summed E-state index contributed by atoms with van der Waals surface area (Å²) in [7, 11) is 1.22. The average molecular weight is 617 g/mol. The zero-order chi connectivity index (χ0) is 31.0. The highest BCUT2D eigenvalue weighted by molar-refractivity contribution is 6.40. The minimum atomic E-state index is -2.91. The molecule has 1 unspecified atom stereocenters. The molecule has 0 aliphatic heterocycles. The molecule has 0 bridgehead atoms. The maximum atomic E-state index is 14.6. The Labute approximate surface area is 251 Å². The van der Waals surface area contributed by atoms with Crippen LogP contribution in [0.2, 0.25) is 5.02 Å². The van der Waals surface area contributed by atoms with E-state index in [0.717, 1.165) is 20.8 Å². The highest BCUT2D eigenvalue weighted by Crippen LogP contribution is 2.42. The summed E-state index contributed by atoms with van der Waals surface area (Å²) in [5, 5.41) is -0.546. The van der Waals surface area contributed by atoms with Gasteiger partial charge in [-0.1, -0.05) is 60.1 Å². The normalized spacial score (nSPS) is 12.1. The van der Waals surface area contributed by atoms with E-state index < -0.39 is 74.7 Å². The summed E-state index contributed by atoms with van der Waals surface area (Å²) in [6, 6.07) is 16.3. The molecule has 0 saturated carbocycles. The molecule has 0 N–H and O–H groups in total. The molecule has 0 fully saturated rings. The van der Waals surface area contributed by atoms with Crippen molar-refractivity contribution in [2.45, 2.75) is 33.4 Å². The Morgan fingerprint density at radius 3 is 1.86 bits per heavy atom. The Balaban J connectivity index is 2.44. The number of para-hydroxylation sites is 1. The highest BCUT2D eigenvalue weighted by atomic mass is 35.5. The van der Waals surface area contributed by atoms with Gasteiger partial charge in [-0.15, -0.1) is 0 Å². The van der Waals surface area contributed by atoms with Crippen molar-refractivity contribution in [2.24, 2.45) is 0 Å². The molecule has 0 spiro atoms. The third kappa shape index (κ3) is 7.03. The molecule has 3 aromatic rings. The van der Waals surface area contributed by atoms with Gasteiger partial charge in [0.15, 0.2) is 23.1 Å². The molecule has 0 radical (unpaired) electrons. The monoisotopic (exact) mass is 616 g/mol. The van der Waals surface area contributed by atoms with E-state index in [0.29, 0.717) is 5.56 Å². The summed E-state index contributed by atoms with van der Waals surface area (Å²) in [4.78, 5) is 65.9. The zero-order valence-corrected chi connectivity index (χ0v) is 24.5. The first-order chi connectivity index (χ1) is 20.0. The van der Waals surface area contributed by atoms with Crippen LogP contribution in [0.5, 0.6) is 11.5 Å². The predicted octanol–water partition coefficient (Wildman–Crippen LogP) is 5.80. The number of carbonyl (C=O) groups is 5. The quantitative estimate of drug-likeness (QED) is 0.124. The van der Waals surface area contributed by atoms with Gasteiger partial charge in [-0.05, 0) is 31.5 Å². The van der Waals surface area contributed by atoms with Crippen LogP contribution < -0.4 is 9.03 Å². The van der Waals surface area contributed by atoms with E-state index in [1.54, 1.807) is 48.5 Å². The van der Waals surface area contributed by atoms with Crippen LogP contribution in [0.25, 0.3) is 0 Å². The molecule has 0 heterocycles. The number of methoxy groups -OCH3 is 1. The van der Waals surface area contributed by atoms with Gasteiger partial charge in [0.25, 0.3) is 5.78 Å². The lowest BCUT2D eigenvalue weighted by Crippen LogP contribution is -2.51. The summed E-state index contributed by atoms with van der Waals surface area (Å²) in [5.74, 6) is -8.31. The fourth-order valence-electron chi connectivity index (χ4n) is 4.10. The molecule has 0 aliphatic rings. The van der Waals surface area contributed by atoms with Gasteiger partial charge in [0.05, 0.1) is 33.9 Å². The Morgan fingerprint density at radius 1 is 0.786 bits per heavy atom. The van der Waals surface area contributed by atoms with Crippen LogP contribution in [0.1, 0.15) is 67.8 Å². The fraction of sp³-hybridized carbons (Fsp3) is 0.233. The van der Waals surface area contributed by atoms with E-state index in [1.165, 1.54) is 19.2 Å². The summed E-state index contributed by atoms with van der Waals surface area (Å²) < 4.78 is 27.2. The Bertz CT molecular complexity index is 1510. The molecule has 12 heteroatoms. The van der Waals surface area contributed by atoms with E-state index in [1.807, 2.05) is 0 Å². The molecule has 0 saturated heterocycles. The lowest BCUT2D eigenvalue weighted by Gasteiger charge is -2.32. The second-order valence-electron chi connectivity index (χ2n) is 8.86. The first kappa shape index (κ1) is 32.4. The first-order valence-electron chi connectivity index (χ1n) is 12.4. The highest BCUT2D eigenvalue weighted by Gasteiger charge is 2.52. The zero-order valence-electron chi connectivity index (χ0n) is 23.0. The molecule has 0 aliphatic carbocycles. The lowest BCUT2D eigenvalue weighted by atomic mass is 9.88. The van der Waals surface area contributed by atoms with Crippen LogP contribution in [0.4, 0.5) is 0 Å². The summed E-state index contributed by atoms with van der Waals surface area (Å²) in [6.07, 6.45) is 0. The van der Waals surface area contributed by atoms with Crippen molar-refractivity contribution in [3.05, 3.63) is 93.5 Å². The second kappa shape index (κ2) is 14.2. The largest absolute Gasteiger partial charge is 0.443 e. The van der Waals surface area contributed by atoms with Gasteiger partial charge in [0, 0.05) is 14.0 Å². The molecule has 10 nitrogen and oxygen atoms in total. The topological polar surface area (TPSA) is 132 Å². The smallest absolute Gasteiger partial charge is 0.424 e. The number of halogens is 2. The van der Waals surface area contributed by atoms with E-state index in [4.69, 9.17) is 46.7 Å². The Kier molecular flexibility index (Phi) is 11.0. The van der Waals surface area contributed by atoms with Crippen molar-refractivity contribution in [2.75, 3.05) is 13.7 Å². The molecule has 220 valence electrons. The molecule has 42 heavy (non-hydrogen) atoms. The van der Waals surface area contributed by atoms with Gasteiger partial charge in [-0.2, -0.15) is 0 Å². The van der Waals surface area contributed by atoms with Crippen LogP contribution in [0.15, 0.2) is 60.7 Å². The minimum Gasteiger partial charge on any atom is -0.424 e. The lowest BCUT2D eigenvalue weighted by molar-refractivity contribution is -0.294. The average Bonchev–Trinajstić information content (AvgIpc) is 2.95. The molecular formula is C30H26Cl2O10. The molecule has 0 aromatic heterocycles. The Hall–Kier alpha value is -4.09. The number of hydrogen-bond acceptors (Lipinski definition) is 10. The van der Waals surface area contributed by atoms with E-state index in [9.17, 15) is 24.0 Å². The summed E-state index contributed by atoms with van der Waals surface area (Å²) >= 11 is 12.4. The van der Waals surface area contributed by atoms with Crippen LogP contribution >= 0.6 is 23.5 Å². The van der Waals surface area contributed by atoms with E-state index in [-0.39, 0.29) is 12.4 Å². The van der Waals surface area contributed by atoms with Crippen molar-refractivity contribution < 1.29 is 47.2 Å². The third-order valence-electron chi connectivity index (χ3n) is 5.78. The van der Waals surface area contributed by atoms with Gasteiger partial charge in [-0.3, -0.25) is 28.7 Å². The second-order valence-corrected chi connectivity index (χ2v) is 9.39. The number of esters is 1. The molecular weight excluding hydrogens is 591 g/mol. The molecule has 3 aromatic carbocycles. The van der Waals surface area contributed by atoms with Gasteiger partial charge in [0.2, 0.25) is 0 Å². The van der Waals surface area contributed by atoms with E-state index in [2.05, 4.69) is 0 Å². The number of benzene rings is 3. The van der Waals surface area contributed by atoms with Crippen molar-refractivity contribution in [3.63, 3.8) is 0 Å². The summed E-state index contributed by atoms with van der Waals surface area (Å²) in [5.41, 5.74) is -1.68. The standard InChI is InChI=1S/C30H26Cl2O10/c1-17(33)23-24(18(2)34)28(42-32)26(25(27(23)31)22(36)16-38-4)29(37)30(40-19(3)35,41-21-13-9-6-10-14-21)39-15-20-11-7-5-8-12-20/h5-14H,15-16H2,1-4H3. The first-order valence-corrected chi connectivity index (χ1v) is 13.0. The van der Waals surface area contributed by atoms with Crippen LogP contribution in [0.3, 0.4) is 0 Å². The minimum absolute atomic E-state index is 0.0246.